The van der Waals surface area contributed by atoms with Crippen LogP contribution >= 0.6 is 0 Å². The van der Waals surface area contributed by atoms with Gasteiger partial charge < -0.3 is 20.1 Å². The summed E-state index contributed by atoms with van der Waals surface area (Å²) >= 11 is 0. The van der Waals surface area contributed by atoms with Crippen LogP contribution in [0.15, 0.2) is 54.6 Å². The van der Waals surface area contributed by atoms with E-state index in [2.05, 4.69) is 34.5 Å². The number of rotatable bonds is 7. The van der Waals surface area contributed by atoms with Crippen molar-refractivity contribution in [3.8, 4) is 5.75 Å². The lowest BCUT2D eigenvalue weighted by Crippen LogP contribution is -2.45. The number of methoxy groups -OCH3 is 1. The molecule has 1 heterocycles. The van der Waals surface area contributed by atoms with Gasteiger partial charge in [-0.2, -0.15) is 0 Å². The molecule has 0 aromatic heterocycles. The normalized spacial score (nSPS) is 16.6. The van der Waals surface area contributed by atoms with Gasteiger partial charge in [-0.1, -0.05) is 30.3 Å². The third-order valence-electron chi connectivity index (χ3n) is 4.89. The zero-order valence-electron chi connectivity index (χ0n) is 14.9. The van der Waals surface area contributed by atoms with Crippen molar-refractivity contribution >= 4 is 5.69 Å². The van der Waals surface area contributed by atoms with Crippen LogP contribution in [0.5, 0.6) is 5.75 Å². The number of hydrogen-bond acceptors (Lipinski definition) is 4. The summed E-state index contributed by atoms with van der Waals surface area (Å²) in [7, 11) is 1.69. The van der Waals surface area contributed by atoms with Gasteiger partial charge in [-0.05, 0) is 49.1 Å². The van der Waals surface area contributed by atoms with E-state index in [9.17, 15) is 5.11 Å². The van der Waals surface area contributed by atoms with Crippen molar-refractivity contribution in [1.82, 2.24) is 5.32 Å². The second-order valence-electron chi connectivity index (χ2n) is 6.71. The van der Waals surface area contributed by atoms with Crippen molar-refractivity contribution in [1.29, 1.82) is 0 Å². The molecule has 134 valence electrons. The molecule has 0 aliphatic carbocycles. The summed E-state index contributed by atoms with van der Waals surface area (Å²) in [5, 5.41) is 13.8. The lowest BCUT2D eigenvalue weighted by Gasteiger charge is -2.34. The summed E-state index contributed by atoms with van der Waals surface area (Å²) in [4.78, 5) is 2.41. The predicted octanol–water partition coefficient (Wildman–Crippen LogP) is 2.86. The lowest BCUT2D eigenvalue weighted by atomic mass is 10.0. The summed E-state index contributed by atoms with van der Waals surface area (Å²) in [5.74, 6) is 0.896. The Bertz CT molecular complexity index is 622. The van der Waals surface area contributed by atoms with Crippen LogP contribution in [-0.2, 0) is 6.42 Å². The highest BCUT2D eigenvalue weighted by Crippen LogP contribution is 2.22. The molecule has 2 aromatic rings. The fourth-order valence-corrected chi connectivity index (χ4v) is 3.40. The Morgan fingerprint density at radius 3 is 2.40 bits per heavy atom. The molecule has 3 rings (SSSR count). The van der Waals surface area contributed by atoms with Gasteiger partial charge in [-0.25, -0.2) is 0 Å². The molecular weight excluding hydrogens is 312 g/mol. The monoisotopic (exact) mass is 340 g/mol. The van der Waals surface area contributed by atoms with Gasteiger partial charge in [0.15, 0.2) is 0 Å². The van der Waals surface area contributed by atoms with E-state index in [1.165, 1.54) is 11.3 Å². The Balaban J connectivity index is 1.40. The highest BCUT2D eigenvalue weighted by molar-refractivity contribution is 5.49. The van der Waals surface area contributed by atoms with Crippen molar-refractivity contribution in [2.75, 3.05) is 31.6 Å². The molecule has 2 aromatic carbocycles. The van der Waals surface area contributed by atoms with Crippen LogP contribution in [0.25, 0.3) is 0 Å². The van der Waals surface area contributed by atoms with Gasteiger partial charge in [-0.3, -0.25) is 0 Å². The quantitative estimate of drug-likeness (QED) is 0.813. The number of ether oxygens (including phenoxy) is 1. The molecule has 0 amide bonds. The van der Waals surface area contributed by atoms with E-state index in [-0.39, 0.29) is 6.10 Å². The molecule has 25 heavy (non-hydrogen) atoms. The molecule has 0 bridgehead atoms. The Labute approximate surface area is 150 Å². The Kier molecular flexibility index (Phi) is 6.31. The fraction of sp³-hybridized carbons (Fsp3) is 0.429. The molecule has 1 atom stereocenters. The van der Waals surface area contributed by atoms with E-state index >= 15 is 0 Å². The molecular formula is C21H28N2O2. The maximum Gasteiger partial charge on any atom is 0.119 e. The first-order chi connectivity index (χ1) is 12.2. The van der Waals surface area contributed by atoms with Gasteiger partial charge in [0, 0.05) is 31.4 Å². The van der Waals surface area contributed by atoms with E-state index in [0.29, 0.717) is 19.0 Å². The number of benzene rings is 2. The molecule has 1 saturated heterocycles. The topological polar surface area (TPSA) is 44.7 Å². The molecule has 0 saturated carbocycles. The maximum absolute atomic E-state index is 10.2. The summed E-state index contributed by atoms with van der Waals surface area (Å²) in [6.07, 6.45) is 2.58. The van der Waals surface area contributed by atoms with Crippen molar-refractivity contribution < 1.29 is 9.84 Å². The first-order valence-corrected chi connectivity index (χ1v) is 9.09. The van der Waals surface area contributed by atoms with Crippen molar-refractivity contribution in [2.45, 2.75) is 31.4 Å². The van der Waals surface area contributed by atoms with Crippen LogP contribution in [0.3, 0.4) is 0 Å². The van der Waals surface area contributed by atoms with Crippen molar-refractivity contribution in [3.05, 3.63) is 60.2 Å². The zero-order valence-corrected chi connectivity index (χ0v) is 14.9. The van der Waals surface area contributed by atoms with Crippen LogP contribution in [0, 0.1) is 0 Å². The molecule has 1 aliphatic heterocycles. The average molecular weight is 340 g/mol. The molecule has 4 heteroatoms. The van der Waals surface area contributed by atoms with Gasteiger partial charge in [0.1, 0.15) is 5.75 Å². The van der Waals surface area contributed by atoms with Crippen LogP contribution in [0.1, 0.15) is 18.4 Å². The van der Waals surface area contributed by atoms with Gasteiger partial charge in [0.2, 0.25) is 0 Å². The number of aliphatic hydroxyl groups is 1. The third-order valence-corrected chi connectivity index (χ3v) is 4.89. The average Bonchev–Trinajstić information content (AvgIpc) is 2.68. The van der Waals surface area contributed by atoms with E-state index in [4.69, 9.17) is 4.74 Å². The largest absolute Gasteiger partial charge is 0.497 e. The number of hydrogen-bond donors (Lipinski definition) is 2. The standard InChI is InChI=1S/C21H28N2O2/c1-25-21-9-7-19(8-10-21)23-13-11-18(12-14-23)22-16-20(24)15-17-5-3-2-4-6-17/h2-10,18,20,22,24H,11-16H2,1H3. The number of anilines is 1. The first-order valence-electron chi connectivity index (χ1n) is 9.09. The van der Waals surface area contributed by atoms with Crippen LogP contribution < -0.4 is 15.0 Å². The van der Waals surface area contributed by atoms with Crippen LogP contribution in [0.2, 0.25) is 0 Å². The number of aliphatic hydroxyl groups excluding tert-OH is 1. The second kappa shape index (κ2) is 8.88. The zero-order chi connectivity index (χ0) is 17.5. The Morgan fingerprint density at radius 1 is 1.08 bits per heavy atom. The summed E-state index contributed by atoms with van der Waals surface area (Å²) in [5.41, 5.74) is 2.44. The van der Waals surface area contributed by atoms with Gasteiger partial charge in [0.25, 0.3) is 0 Å². The number of piperidine rings is 1. The molecule has 4 nitrogen and oxygen atoms in total. The van der Waals surface area contributed by atoms with E-state index < -0.39 is 0 Å². The highest BCUT2D eigenvalue weighted by Gasteiger charge is 2.20. The SMILES string of the molecule is COc1ccc(N2CCC(NCC(O)Cc3ccccc3)CC2)cc1. The Hall–Kier alpha value is -2.04. The molecule has 1 aliphatic rings. The van der Waals surface area contributed by atoms with E-state index in [1.807, 2.05) is 30.3 Å². The number of nitrogens with one attached hydrogen (secondary N) is 1. The lowest BCUT2D eigenvalue weighted by molar-refractivity contribution is 0.164. The molecule has 0 spiro atoms. The minimum atomic E-state index is -0.331. The summed E-state index contributed by atoms with van der Waals surface area (Å²) < 4.78 is 5.22. The maximum atomic E-state index is 10.2. The molecule has 1 unspecified atom stereocenters. The summed E-state index contributed by atoms with van der Waals surface area (Å²) in [6.45, 7) is 2.74. The molecule has 2 N–H and O–H groups in total. The highest BCUT2D eigenvalue weighted by atomic mass is 16.5. The molecule has 1 fully saturated rings. The van der Waals surface area contributed by atoms with Gasteiger partial charge >= 0.3 is 0 Å². The van der Waals surface area contributed by atoms with E-state index in [1.54, 1.807) is 7.11 Å². The van der Waals surface area contributed by atoms with Gasteiger partial charge in [0.05, 0.1) is 13.2 Å². The van der Waals surface area contributed by atoms with Crippen LogP contribution in [0.4, 0.5) is 5.69 Å². The van der Waals surface area contributed by atoms with Crippen molar-refractivity contribution in [3.63, 3.8) is 0 Å². The first kappa shape index (κ1) is 17.8. The number of nitrogens with zero attached hydrogens (tertiary/aromatic N) is 1. The van der Waals surface area contributed by atoms with Crippen molar-refractivity contribution in [2.24, 2.45) is 0 Å². The third kappa shape index (κ3) is 5.21. The van der Waals surface area contributed by atoms with Gasteiger partial charge in [-0.15, -0.1) is 0 Å². The Morgan fingerprint density at radius 2 is 1.76 bits per heavy atom. The minimum Gasteiger partial charge on any atom is -0.497 e. The summed E-state index contributed by atoms with van der Waals surface area (Å²) in [6, 6.07) is 18.9. The second-order valence-corrected chi connectivity index (χ2v) is 6.71. The predicted molar refractivity (Wildman–Crippen MR) is 102 cm³/mol. The minimum absolute atomic E-state index is 0.331. The molecule has 0 radical (unpaired) electrons. The van der Waals surface area contributed by atoms with Crippen LogP contribution in [-0.4, -0.2) is 44.0 Å². The van der Waals surface area contributed by atoms with E-state index in [0.717, 1.165) is 31.7 Å². The fourth-order valence-electron chi connectivity index (χ4n) is 3.40. The smallest absolute Gasteiger partial charge is 0.119 e.